The summed E-state index contributed by atoms with van der Waals surface area (Å²) in [5.74, 6) is -0.00234. The third-order valence-corrected chi connectivity index (χ3v) is 3.52. The van der Waals surface area contributed by atoms with Crippen molar-refractivity contribution in [3.63, 3.8) is 0 Å². The zero-order valence-corrected chi connectivity index (χ0v) is 14.4. The van der Waals surface area contributed by atoms with Crippen molar-refractivity contribution in [2.45, 2.75) is 53.9 Å². The Kier molecular flexibility index (Phi) is 8.37. The second-order valence-corrected chi connectivity index (χ2v) is 7.37. The van der Waals surface area contributed by atoms with Crippen LogP contribution in [0.1, 0.15) is 53.9 Å². The zero-order valence-electron chi connectivity index (χ0n) is 14.4. The lowest BCUT2D eigenvalue weighted by Crippen LogP contribution is -2.42. The fourth-order valence-corrected chi connectivity index (χ4v) is 2.40. The second kappa shape index (κ2) is 8.90. The summed E-state index contributed by atoms with van der Waals surface area (Å²) in [7, 11) is 1.80. The number of carboxylic acid groups (broad SMARTS) is 1. The van der Waals surface area contributed by atoms with Crippen LogP contribution in [0.15, 0.2) is 0 Å². The molecule has 2 N–H and O–H groups in total. The molecular formula is C16H32N2O3. The van der Waals surface area contributed by atoms with Gasteiger partial charge in [0, 0.05) is 26.6 Å². The predicted octanol–water partition coefficient (Wildman–Crippen LogP) is 3.20. The highest BCUT2D eigenvalue weighted by molar-refractivity contribution is 5.73. The highest BCUT2D eigenvalue weighted by Gasteiger charge is 2.18. The molecule has 0 saturated heterocycles. The number of carbonyl (C=O) groups excluding carboxylic acids is 1. The van der Waals surface area contributed by atoms with E-state index in [9.17, 15) is 9.59 Å². The Morgan fingerprint density at radius 2 is 1.76 bits per heavy atom. The molecule has 5 nitrogen and oxygen atoms in total. The van der Waals surface area contributed by atoms with Gasteiger partial charge in [0.1, 0.15) is 0 Å². The zero-order chi connectivity index (χ0) is 16.6. The van der Waals surface area contributed by atoms with Crippen LogP contribution in [-0.2, 0) is 4.79 Å². The van der Waals surface area contributed by atoms with Crippen LogP contribution in [0.25, 0.3) is 0 Å². The van der Waals surface area contributed by atoms with Crippen molar-refractivity contribution in [3.05, 3.63) is 0 Å². The van der Waals surface area contributed by atoms with Crippen molar-refractivity contribution in [3.8, 4) is 0 Å². The van der Waals surface area contributed by atoms with Crippen molar-refractivity contribution < 1.29 is 14.7 Å². The van der Waals surface area contributed by atoms with Gasteiger partial charge in [-0.2, -0.15) is 0 Å². The van der Waals surface area contributed by atoms with Crippen molar-refractivity contribution in [2.24, 2.45) is 17.3 Å². The molecule has 1 atom stereocenters. The number of nitrogens with zero attached hydrogens (tertiary/aromatic N) is 1. The molecule has 0 aromatic carbocycles. The molecule has 0 radical (unpaired) electrons. The van der Waals surface area contributed by atoms with Gasteiger partial charge in [0.05, 0.1) is 0 Å². The average molecular weight is 300 g/mol. The van der Waals surface area contributed by atoms with Gasteiger partial charge in [-0.1, -0.05) is 34.6 Å². The molecule has 0 rings (SSSR count). The summed E-state index contributed by atoms with van der Waals surface area (Å²) in [5, 5.41) is 11.7. The molecule has 21 heavy (non-hydrogen) atoms. The van der Waals surface area contributed by atoms with Gasteiger partial charge in [-0.05, 0) is 30.1 Å². The molecule has 2 amide bonds. The molecule has 0 aliphatic heterocycles. The van der Waals surface area contributed by atoms with E-state index in [4.69, 9.17) is 5.11 Å². The van der Waals surface area contributed by atoms with Crippen molar-refractivity contribution in [1.82, 2.24) is 10.2 Å². The summed E-state index contributed by atoms with van der Waals surface area (Å²) in [4.78, 5) is 24.3. The average Bonchev–Trinajstić information content (AvgIpc) is 2.30. The number of urea groups is 1. The van der Waals surface area contributed by atoms with Crippen LogP contribution in [0.5, 0.6) is 0 Å². The third-order valence-electron chi connectivity index (χ3n) is 3.52. The normalized spacial score (nSPS) is 13.1. The lowest BCUT2D eigenvalue weighted by Gasteiger charge is -2.27. The van der Waals surface area contributed by atoms with Crippen molar-refractivity contribution >= 4 is 12.0 Å². The summed E-state index contributed by atoms with van der Waals surface area (Å²) in [6.45, 7) is 11.8. The SMILES string of the molecule is CC(C)C(CCNC(=O)N(C)CC(C)(C)C)CCC(=O)O. The minimum Gasteiger partial charge on any atom is -0.481 e. The molecule has 0 bridgehead atoms. The second-order valence-electron chi connectivity index (χ2n) is 7.37. The number of nitrogens with one attached hydrogen (secondary N) is 1. The van der Waals surface area contributed by atoms with Crippen molar-refractivity contribution in [2.75, 3.05) is 20.1 Å². The Labute approximate surface area is 129 Å². The van der Waals surface area contributed by atoms with Crippen LogP contribution in [0.2, 0.25) is 0 Å². The van der Waals surface area contributed by atoms with E-state index < -0.39 is 5.97 Å². The first-order valence-corrected chi connectivity index (χ1v) is 7.73. The van der Waals surface area contributed by atoms with Gasteiger partial charge in [-0.25, -0.2) is 4.79 Å². The first-order chi connectivity index (χ1) is 9.53. The van der Waals surface area contributed by atoms with Gasteiger partial charge >= 0.3 is 12.0 Å². The largest absolute Gasteiger partial charge is 0.481 e. The van der Waals surface area contributed by atoms with Crippen LogP contribution in [0, 0.1) is 17.3 Å². The lowest BCUT2D eigenvalue weighted by atomic mass is 9.88. The number of amides is 2. The lowest BCUT2D eigenvalue weighted by molar-refractivity contribution is -0.137. The predicted molar refractivity (Wildman–Crippen MR) is 85.3 cm³/mol. The minimum atomic E-state index is -0.755. The Morgan fingerprint density at radius 1 is 1.19 bits per heavy atom. The summed E-state index contributed by atoms with van der Waals surface area (Å²) in [6, 6.07) is -0.0642. The molecule has 0 saturated carbocycles. The fourth-order valence-electron chi connectivity index (χ4n) is 2.40. The van der Waals surface area contributed by atoms with E-state index in [0.717, 1.165) is 6.42 Å². The Bertz CT molecular complexity index is 335. The van der Waals surface area contributed by atoms with Crippen LogP contribution in [-0.4, -0.2) is 42.1 Å². The van der Waals surface area contributed by atoms with E-state index in [1.807, 2.05) is 0 Å². The molecule has 5 heteroatoms. The molecule has 0 aromatic rings. The van der Waals surface area contributed by atoms with Gasteiger partial charge in [0.15, 0.2) is 0 Å². The Morgan fingerprint density at radius 3 is 2.19 bits per heavy atom. The van der Waals surface area contributed by atoms with E-state index in [1.54, 1.807) is 11.9 Å². The van der Waals surface area contributed by atoms with Gasteiger partial charge < -0.3 is 15.3 Å². The topological polar surface area (TPSA) is 69.6 Å². The molecule has 0 aliphatic rings. The standard InChI is InChI=1S/C16H32N2O3/c1-12(2)13(7-8-14(19)20)9-10-17-15(21)18(6)11-16(3,4)5/h12-13H,7-11H2,1-6H3,(H,17,21)(H,19,20). The van der Waals surface area contributed by atoms with Gasteiger partial charge in [0.25, 0.3) is 0 Å². The van der Waals surface area contributed by atoms with Crippen LogP contribution in [0.3, 0.4) is 0 Å². The minimum absolute atomic E-state index is 0.0642. The van der Waals surface area contributed by atoms with Crippen LogP contribution >= 0.6 is 0 Å². The maximum Gasteiger partial charge on any atom is 0.317 e. The number of hydrogen-bond acceptors (Lipinski definition) is 2. The fraction of sp³-hybridized carbons (Fsp3) is 0.875. The molecule has 0 fully saturated rings. The third kappa shape index (κ3) is 10.2. The molecule has 0 aliphatic carbocycles. The van der Waals surface area contributed by atoms with Crippen molar-refractivity contribution in [1.29, 1.82) is 0 Å². The van der Waals surface area contributed by atoms with Gasteiger partial charge in [-0.15, -0.1) is 0 Å². The summed E-state index contributed by atoms with van der Waals surface area (Å²) in [6.07, 6.45) is 1.68. The van der Waals surface area contributed by atoms with Gasteiger partial charge in [0.2, 0.25) is 0 Å². The maximum atomic E-state index is 12.0. The highest BCUT2D eigenvalue weighted by atomic mass is 16.4. The first kappa shape index (κ1) is 19.7. The number of carbonyl (C=O) groups is 2. The summed E-state index contributed by atoms with van der Waals surface area (Å²) in [5.41, 5.74) is 0.0774. The van der Waals surface area contributed by atoms with E-state index >= 15 is 0 Å². The molecule has 0 aromatic heterocycles. The summed E-state index contributed by atoms with van der Waals surface area (Å²) < 4.78 is 0. The molecule has 0 heterocycles. The smallest absolute Gasteiger partial charge is 0.317 e. The molecule has 124 valence electrons. The van der Waals surface area contributed by atoms with Gasteiger partial charge in [-0.3, -0.25) is 4.79 Å². The number of hydrogen-bond donors (Lipinski definition) is 2. The number of aliphatic carboxylic acids is 1. The van der Waals surface area contributed by atoms with Crippen LogP contribution < -0.4 is 5.32 Å². The first-order valence-electron chi connectivity index (χ1n) is 7.73. The van der Waals surface area contributed by atoms with E-state index in [2.05, 4.69) is 39.9 Å². The highest BCUT2D eigenvalue weighted by Crippen LogP contribution is 2.20. The summed E-state index contributed by atoms with van der Waals surface area (Å²) >= 11 is 0. The molecular weight excluding hydrogens is 268 g/mol. The molecule has 1 unspecified atom stereocenters. The molecule has 0 spiro atoms. The van der Waals surface area contributed by atoms with Crippen LogP contribution in [0.4, 0.5) is 4.79 Å². The number of carboxylic acids is 1. The van der Waals surface area contributed by atoms with E-state index in [0.29, 0.717) is 31.3 Å². The van der Waals surface area contributed by atoms with E-state index in [1.165, 1.54) is 0 Å². The van der Waals surface area contributed by atoms with E-state index in [-0.39, 0.29) is 17.9 Å². The Balaban J connectivity index is 4.13. The number of rotatable bonds is 8. The quantitative estimate of drug-likeness (QED) is 0.723. The Hall–Kier alpha value is -1.26. The monoisotopic (exact) mass is 300 g/mol. The maximum absolute atomic E-state index is 12.0.